The smallest absolute Gasteiger partial charge is 0.343 e. The van der Waals surface area contributed by atoms with Crippen LogP contribution in [0.3, 0.4) is 0 Å². The van der Waals surface area contributed by atoms with Gasteiger partial charge in [-0.25, -0.2) is 4.79 Å². The molecule has 0 spiro atoms. The fourth-order valence-electron chi connectivity index (χ4n) is 2.16. The monoisotopic (exact) mass is 298 g/mol. The van der Waals surface area contributed by atoms with Gasteiger partial charge in [0.05, 0.1) is 31.6 Å². The molecule has 0 saturated carbocycles. The summed E-state index contributed by atoms with van der Waals surface area (Å²) in [5.74, 6) is 1.81. The van der Waals surface area contributed by atoms with Gasteiger partial charge in [-0.05, 0) is 42.5 Å². The van der Waals surface area contributed by atoms with Crippen LogP contribution in [0.5, 0.6) is 11.5 Å². The van der Waals surface area contributed by atoms with Crippen LogP contribution in [0, 0.1) is 0 Å². The maximum Gasteiger partial charge on any atom is 0.343 e. The van der Waals surface area contributed by atoms with E-state index in [2.05, 4.69) is 0 Å². The number of furan rings is 1. The third-order valence-corrected chi connectivity index (χ3v) is 3.24. The summed E-state index contributed by atoms with van der Waals surface area (Å²) in [6.45, 7) is 0. The molecule has 0 bridgehead atoms. The summed E-state index contributed by atoms with van der Waals surface area (Å²) in [5.41, 5.74) is 1.06. The highest BCUT2D eigenvalue weighted by atomic mass is 16.5. The summed E-state index contributed by atoms with van der Waals surface area (Å²) in [6.07, 6.45) is 4.83. The topological polar surface area (TPSA) is 57.9 Å². The molecular formula is C17H14O5. The molecule has 0 aliphatic carbocycles. The van der Waals surface area contributed by atoms with Gasteiger partial charge < -0.3 is 18.6 Å². The van der Waals surface area contributed by atoms with E-state index in [-0.39, 0.29) is 0 Å². The molecule has 2 aromatic rings. The van der Waals surface area contributed by atoms with E-state index >= 15 is 0 Å². The molecule has 0 fully saturated rings. The first-order valence-electron chi connectivity index (χ1n) is 6.63. The maximum atomic E-state index is 12.0. The Kier molecular flexibility index (Phi) is 3.70. The van der Waals surface area contributed by atoms with Crippen molar-refractivity contribution in [3.63, 3.8) is 0 Å². The highest BCUT2D eigenvalue weighted by Gasteiger charge is 2.24. The van der Waals surface area contributed by atoms with Gasteiger partial charge >= 0.3 is 5.97 Å². The minimum absolute atomic E-state index is 0.412. The first-order chi connectivity index (χ1) is 10.7. The van der Waals surface area contributed by atoms with Crippen LogP contribution in [0.15, 0.2) is 52.7 Å². The second kappa shape index (κ2) is 5.81. The van der Waals surface area contributed by atoms with Gasteiger partial charge in [0.1, 0.15) is 23.0 Å². The second-order valence-corrected chi connectivity index (χ2v) is 4.58. The van der Waals surface area contributed by atoms with Crippen molar-refractivity contribution in [2.24, 2.45) is 0 Å². The average molecular weight is 298 g/mol. The number of rotatable bonds is 4. The number of carbonyl (C=O) groups is 1. The molecule has 1 aromatic carbocycles. The molecule has 0 N–H and O–H groups in total. The van der Waals surface area contributed by atoms with Crippen molar-refractivity contribution < 1.29 is 23.4 Å². The minimum atomic E-state index is -0.434. The molecule has 0 atom stereocenters. The summed E-state index contributed by atoms with van der Waals surface area (Å²) in [7, 11) is 3.13. The van der Waals surface area contributed by atoms with Crippen LogP contribution in [0.1, 0.15) is 11.3 Å². The second-order valence-electron chi connectivity index (χ2n) is 4.58. The van der Waals surface area contributed by atoms with E-state index in [1.807, 2.05) is 0 Å². The van der Waals surface area contributed by atoms with Crippen molar-refractivity contribution >= 4 is 17.8 Å². The highest BCUT2D eigenvalue weighted by molar-refractivity contribution is 6.05. The van der Waals surface area contributed by atoms with E-state index in [9.17, 15) is 4.79 Å². The predicted octanol–water partition coefficient (Wildman–Crippen LogP) is 3.28. The van der Waals surface area contributed by atoms with Gasteiger partial charge in [-0.1, -0.05) is 0 Å². The Bertz CT molecular complexity index is 753. The summed E-state index contributed by atoms with van der Waals surface area (Å²) in [4.78, 5) is 12.0. The molecule has 112 valence electrons. The molecule has 22 heavy (non-hydrogen) atoms. The lowest BCUT2D eigenvalue weighted by atomic mass is 10.1. The van der Waals surface area contributed by atoms with Crippen molar-refractivity contribution in [3.05, 3.63) is 59.6 Å². The fraction of sp³-hybridized carbons (Fsp3) is 0.118. The van der Waals surface area contributed by atoms with E-state index in [1.54, 1.807) is 63.0 Å². The third-order valence-electron chi connectivity index (χ3n) is 3.24. The molecule has 3 rings (SSSR count). The first-order valence-corrected chi connectivity index (χ1v) is 6.63. The molecule has 1 aliphatic heterocycles. The van der Waals surface area contributed by atoms with Crippen LogP contribution in [0.4, 0.5) is 0 Å². The van der Waals surface area contributed by atoms with Crippen molar-refractivity contribution in [2.75, 3.05) is 14.2 Å². The van der Waals surface area contributed by atoms with Gasteiger partial charge in [0, 0.05) is 0 Å². The van der Waals surface area contributed by atoms with Crippen molar-refractivity contribution in [3.8, 4) is 11.5 Å². The SMILES string of the molecule is COc1ccc(OC)c(C2=C/C(=C\c3ccco3)C(=O)O2)c1. The first kappa shape index (κ1) is 14.0. The average Bonchev–Trinajstić information content (AvgIpc) is 3.17. The number of carbonyl (C=O) groups excluding carboxylic acids is 1. The molecule has 0 saturated heterocycles. The summed E-state index contributed by atoms with van der Waals surface area (Å²) >= 11 is 0. The van der Waals surface area contributed by atoms with E-state index in [0.717, 1.165) is 0 Å². The predicted molar refractivity (Wildman–Crippen MR) is 80.3 cm³/mol. The number of hydrogen-bond acceptors (Lipinski definition) is 5. The number of methoxy groups -OCH3 is 2. The molecule has 0 amide bonds. The summed E-state index contributed by atoms with van der Waals surface area (Å²) in [6, 6.07) is 8.81. The Morgan fingerprint density at radius 1 is 1.14 bits per heavy atom. The van der Waals surface area contributed by atoms with Gasteiger partial charge in [0.25, 0.3) is 0 Å². The number of hydrogen-bond donors (Lipinski definition) is 0. The van der Waals surface area contributed by atoms with E-state index in [4.69, 9.17) is 18.6 Å². The van der Waals surface area contributed by atoms with Gasteiger partial charge in [-0.2, -0.15) is 0 Å². The van der Waals surface area contributed by atoms with Crippen LogP contribution in [0.2, 0.25) is 0 Å². The Morgan fingerprint density at radius 3 is 2.68 bits per heavy atom. The number of ether oxygens (including phenoxy) is 3. The van der Waals surface area contributed by atoms with Crippen molar-refractivity contribution in [1.29, 1.82) is 0 Å². The van der Waals surface area contributed by atoms with Crippen LogP contribution in [-0.4, -0.2) is 20.2 Å². The zero-order chi connectivity index (χ0) is 15.5. The Balaban J connectivity index is 2.01. The van der Waals surface area contributed by atoms with Gasteiger partial charge in [-0.15, -0.1) is 0 Å². The van der Waals surface area contributed by atoms with Gasteiger partial charge in [0.15, 0.2) is 0 Å². The van der Waals surface area contributed by atoms with Gasteiger partial charge in [-0.3, -0.25) is 0 Å². The molecule has 0 radical (unpaired) electrons. The lowest BCUT2D eigenvalue weighted by Crippen LogP contribution is -1.98. The molecule has 5 heteroatoms. The lowest BCUT2D eigenvalue weighted by molar-refractivity contribution is -0.130. The van der Waals surface area contributed by atoms with E-state index in [0.29, 0.717) is 34.2 Å². The molecule has 0 unspecified atom stereocenters. The minimum Gasteiger partial charge on any atom is -0.497 e. The molecule has 5 nitrogen and oxygen atoms in total. The van der Waals surface area contributed by atoms with Crippen LogP contribution in [-0.2, 0) is 9.53 Å². The summed E-state index contributed by atoms with van der Waals surface area (Å²) in [5, 5.41) is 0. The highest BCUT2D eigenvalue weighted by Crippen LogP contribution is 2.35. The maximum absolute atomic E-state index is 12.0. The molecule has 1 aromatic heterocycles. The number of benzene rings is 1. The zero-order valence-corrected chi connectivity index (χ0v) is 12.2. The quantitative estimate of drug-likeness (QED) is 0.640. The normalized spacial score (nSPS) is 15.6. The van der Waals surface area contributed by atoms with Gasteiger partial charge in [0.2, 0.25) is 0 Å². The molecular weight excluding hydrogens is 284 g/mol. The largest absolute Gasteiger partial charge is 0.497 e. The van der Waals surface area contributed by atoms with E-state index in [1.165, 1.54) is 0 Å². The molecule has 2 heterocycles. The van der Waals surface area contributed by atoms with Crippen LogP contribution < -0.4 is 9.47 Å². The van der Waals surface area contributed by atoms with Crippen LogP contribution in [0.25, 0.3) is 11.8 Å². The van der Waals surface area contributed by atoms with Crippen molar-refractivity contribution in [2.45, 2.75) is 0 Å². The standard InChI is InChI=1S/C17H14O5/c1-19-12-5-6-15(20-2)14(10-12)16-9-11(17(18)22-16)8-13-4-3-7-21-13/h3-10H,1-2H3/b11-8+. The Hall–Kier alpha value is -2.95. The fourth-order valence-corrected chi connectivity index (χ4v) is 2.16. The van der Waals surface area contributed by atoms with E-state index < -0.39 is 5.97 Å². The summed E-state index contributed by atoms with van der Waals surface area (Å²) < 4.78 is 21.0. The Labute approximate surface area is 127 Å². The van der Waals surface area contributed by atoms with Crippen molar-refractivity contribution in [1.82, 2.24) is 0 Å². The zero-order valence-electron chi connectivity index (χ0n) is 12.2. The van der Waals surface area contributed by atoms with Crippen LogP contribution >= 0.6 is 0 Å². The number of esters is 1. The Morgan fingerprint density at radius 2 is 2.00 bits per heavy atom. The number of cyclic esters (lactones) is 1. The lowest BCUT2D eigenvalue weighted by Gasteiger charge is -2.10. The molecule has 1 aliphatic rings. The third kappa shape index (κ3) is 2.61.